The summed E-state index contributed by atoms with van der Waals surface area (Å²) >= 11 is 8.35. The maximum atomic E-state index is 13.5. The minimum Gasteiger partial charge on any atom is -0.463 e. The van der Waals surface area contributed by atoms with Crippen molar-refractivity contribution in [2.24, 2.45) is 0 Å². The van der Waals surface area contributed by atoms with Gasteiger partial charge in [-0.15, -0.1) is 11.8 Å². The molecule has 1 saturated heterocycles. The van der Waals surface area contributed by atoms with Gasteiger partial charge in [0.15, 0.2) is 0 Å². The molecule has 0 N–H and O–H groups in total. The highest BCUT2D eigenvalue weighted by atomic mass is 35.5. The van der Waals surface area contributed by atoms with Crippen LogP contribution in [-0.2, 0) is 21.9 Å². The molecule has 0 aliphatic carbocycles. The molecule has 0 radical (unpaired) electrons. The Bertz CT molecular complexity index is 1530. The van der Waals surface area contributed by atoms with Crippen molar-refractivity contribution in [3.05, 3.63) is 76.8 Å². The van der Waals surface area contributed by atoms with Crippen molar-refractivity contribution in [2.45, 2.75) is 45.6 Å². The van der Waals surface area contributed by atoms with Crippen LogP contribution in [0, 0.1) is 0 Å². The molecule has 0 aromatic heterocycles. The van der Waals surface area contributed by atoms with Crippen LogP contribution in [0.4, 0.5) is 37.7 Å². The Balaban J connectivity index is 1.06. The van der Waals surface area contributed by atoms with E-state index in [1.807, 2.05) is 29.2 Å². The third-order valence-corrected chi connectivity index (χ3v) is 10.6. The molecule has 2 aliphatic heterocycles. The summed E-state index contributed by atoms with van der Waals surface area (Å²) < 4.78 is 85.3. The van der Waals surface area contributed by atoms with Crippen LogP contribution in [0.15, 0.2) is 75.4 Å². The standard InChI is InChI=1S/C32H32ClF6N3O2S2/c1-21(45-28-9-4-6-23(29(28)33)32(37,38)39)30(43)44-19-18-41-16-14-40(15-17-41)12-5-13-42-24-7-2-3-8-26(24)46-27-11-10-22(20-25(27)42)31(34,35)36/h2-4,6-11,20-21H,5,12-19H2,1H3. The van der Waals surface area contributed by atoms with E-state index in [2.05, 4.69) is 9.80 Å². The predicted octanol–water partition coefficient (Wildman–Crippen LogP) is 8.71. The van der Waals surface area contributed by atoms with Crippen LogP contribution in [-0.4, -0.2) is 73.4 Å². The van der Waals surface area contributed by atoms with Crippen LogP contribution in [0.5, 0.6) is 0 Å². The molecule has 0 bridgehead atoms. The van der Waals surface area contributed by atoms with Gasteiger partial charge in [-0.1, -0.05) is 41.6 Å². The summed E-state index contributed by atoms with van der Waals surface area (Å²) in [6.45, 7) is 6.75. The van der Waals surface area contributed by atoms with Crippen molar-refractivity contribution < 1.29 is 35.9 Å². The average Bonchev–Trinajstić information content (AvgIpc) is 3.01. The van der Waals surface area contributed by atoms with Crippen LogP contribution in [0.3, 0.4) is 0 Å². The number of alkyl halides is 6. The van der Waals surface area contributed by atoms with Gasteiger partial charge in [-0.2, -0.15) is 26.3 Å². The molecule has 248 valence electrons. The number of benzene rings is 3. The van der Waals surface area contributed by atoms with Crippen molar-refractivity contribution in [2.75, 3.05) is 57.3 Å². The highest BCUT2D eigenvalue weighted by Crippen LogP contribution is 2.49. The van der Waals surface area contributed by atoms with Gasteiger partial charge in [0, 0.05) is 54.0 Å². The summed E-state index contributed by atoms with van der Waals surface area (Å²) in [5, 5.41) is -1.17. The van der Waals surface area contributed by atoms with Gasteiger partial charge in [-0.3, -0.25) is 9.69 Å². The Kier molecular flexibility index (Phi) is 11.1. The fraction of sp³-hybridized carbons (Fsp3) is 0.406. The lowest BCUT2D eigenvalue weighted by Crippen LogP contribution is -2.47. The first-order valence-electron chi connectivity index (χ1n) is 14.7. The van der Waals surface area contributed by atoms with Crippen molar-refractivity contribution in [3.63, 3.8) is 0 Å². The minimum absolute atomic E-state index is 0.158. The van der Waals surface area contributed by atoms with Crippen molar-refractivity contribution in [3.8, 4) is 0 Å². The molecule has 1 fully saturated rings. The summed E-state index contributed by atoms with van der Waals surface area (Å²) in [6.07, 6.45) is -8.24. The first-order chi connectivity index (χ1) is 21.8. The molecule has 2 heterocycles. The maximum Gasteiger partial charge on any atom is 0.417 e. The summed E-state index contributed by atoms with van der Waals surface area (Å²) in [5.74, 6) is -0.529. The number of anilines is 2. The van der Waals surface area contributed by atoms with Crippen LogP contribution >= 0.6 is 35.1 Å². The molecule has 0 spiro atoms. The number of hydrogen-bond donors (Lipinski definition) is 0. The van der Waals surface area contributed by atoms with E-state index in [0.29, 0.717) is 18.8 Å². The van der Waals surface area contributed by atoms with E-state index in [1.54, 1.807) is 13.0 Å². The van der Waals surface area contributed by atoms with E-state index in [9.17, 15) is 31.1 Å². The first kappa shape index (κ1) is 34.7. The molecule has 3 aromatic rings. The van der Waals surface area contributed by atoms with E-state index in [1.165, 1.54) is 30.0 Å². The van der Waals surface area contributed by atoms with Crippen LogP contribution in [0.25, 0.3) is 0 Å². The quantitative estimate of drug-likeness (QED) is 0.119. The fourth-order valence-corrected chi connectivity index (χ4v) is 7.75. The SMILES string of the molecule is CC(Sc1cccc(C(F)(F)F)c1Cl)C(=O)OCCN1CCN(CCCN2c3ccccc3Sc3ccc(C(F)(F)F)cc32)CC1. The molecule has 5 nitrogen and oxygen atoms in total. The normalized spacial score (nSPS) is 16.6. The Morgan fingerprint density at radius 3 is 2.24 bits per heavy atom. The highest BCUT2D eigenvalue weighted by molar-refractivity contribution is 8.00. The molecule has 1 atom stereocenters. The molecule has 14 heteroatoms. The van der Waals surface area contributed by atoms with Gasteiger partial charge in [0.25, 0.3) is 0 Å². The number of nitrogens with zero attached hydrogens (tertiary/aromatic N) is 3. The Morgan fingerprint density at radius 1 is 0.870 bits per heavy atom. The van der Waals surface area contributed by atoms with Gasteiger partial charge < -0.3 is 14.5 Å². The van der Waals surface area contributed by atoms with Crippen LogP contribution < -0.4 is 4.90 Å². The molecule has 3 aromatic carbocycles. The average molecular weight is 704 g/mol. The number of hydrogen-bond acceptors (Lipinski definition) is 7. The molecular weight excluding hydrogens is 672 g/mol. The third kappa shape index (κ3) is 8.46. The monoisotopic (exact) mass is 703 g/mol. The van der Waals surface area contributed by atoms with Crippen molar-refractivity contribution in [1.29, 1.82) is 0 Å². The third-order valence-electron chi connectivity index (χ3n) is 7.83. The van der Waals surface area contributed by atoms with Crippen LogP contribution in [0.2, 0.25) is 5.02 Å². The summed E-state index contributed by atoms with van der Waals surface area (Å²) in [7, 11) is 0. The maximum absolute atomic E-state index is 13.5. The topological polar surface area (TPSA) is 36.0 Å². The number of esters is 1. The Labute approximate surface area is 277 Å². The number of carbonyl (C=O) groups is 1. The van der Waals surface area contributed by atoms with Crippen LogP contribution in [0.1, 0.15) is 24.5 Å². The van der Waals surface area contributed by atoms with E-state index in [-0.39, 0.29) is 11.5 Å². The van der Waals surface area contributed by atoms with E-state index in [4.69, 9.17) is 16.3 Å². The fourth-order valence-electron chi connectivity index (χ4n) is 5.39. The molecule has 46 heavy (non-hydrogen) atoms. The number of rotatable bonds is 10. The minimum atomic E-state index is -4.59. The van der Waals surface area contributed by atoms with E-state index >= 15 is 0 Å². The van der Waals surface area contributed by atoms with Gasteiger partial charge >= 0.3 is 18.3 Å². The zero-order valence-electron chi connectivity index (χ0n) is 24.8. The first-order valence-corrected chi connectivity index (χ1v) is 16.8. The number of ether oxygens (including phenoxy) is 1. The van der Waals surface area contributed by atoms with Gasteiger partial charge in [0.1, 0.15) is 11.9 Å². The lowest BCUT2D eigenvalue weighted by Gasteiger charge is -2.36. The number of halogens is 7. The lowest BCUT2D eigenvalue weighted by molar-refractivity contribution is -0.143. The second kappa shape index (κ2) is 14.7. The van der Waals surface area contributed by atoms with Crippen molar-refractivity contribution >= 4 is 52.5 Å². The van der Waals surface area contributed by atoms with Gasteiger partial charge in [0.2, 0.25) is 0 Å². The number of fused-ring (bicyclic) bond motifs is 2. The molecule has 0 saturated carbocycles. The second-order valence-corrected chi connectivity index (χ2v) is 13.8. The number of thioether (sulfide) groups is 1. The molecule has 0 amide bonds. The molecular formula is C32H32ClF6N3O2S2. The molecule has 5 rings (SSSR count). The van der Waals surface area contributed by atoms with E-state index < -0.39 is 39.7 Å². The number of piperazine rings is 1. The number of para-hydroxylation sites is 1. The zero-order valence-corrected chi connectivity index (χ0v) is 27.2. The number of carbonyl (C=O) groups excluding carboxylic acids is 1. The largest absolute Gasteiger partial charge is 0.463 e. The second-order valence-electron chi connectivity index (χ2n) is 11.0. The predicted molar refractivity (Wildman–Crippen MR) is 169 cm³/mol. The van der Waals surface area contributed by atoms with E-state index in [0.717, 1.165) is 78.5 Å². The lowest BCUT2D eigenvalue weighted by atomic mass is 10.1. The van der Waals surface area contributed by atoms with Gasteiger partial charge in [-0.25, -0.2) is 0 Å². The smallest absolute Gasteiger partial charge is 0.417 e. The van der Waals surface area contributed by atoms with Gasteiger partial charge in [-0.05, 0) is 62.4 Å². The Morgan fingerprint density at radius 2 is 1.54 bits per heavy atom. The Hall–Kier alpha value is -2.58. The molecule has 1 unspecified atom stereocenters. The summed E-state index contributed by atoms with van der Waals surface area (Å²) in [4.78, 5) is 21.0. The summed E-state index contributed by atoms with van der Waals surface area (Å²) in [6, 6.07) is 15.3. The van der Waals surface area contributed by atoms with Crippen molar-refractivity contribution in [1.82, 2.24) is 9.80 Å². The zero-order chi connectivity index (χ0) is 33.1. The van der Waals surface area contributed by atoms with Gasteiger partial charge in [0.05, 0.1) is 27.5 Å². The molecule has 2 aliphatic rings. The summed E-state index contributed by atoms with van der Waals surface area (Å²) in [5.41, 5.74) is -0.126. The highest BCUT2D eigenvalue weighted by Gasteiger charge is 2.35.